The maximum Gasteiger partial charge on any atom is 0.209 e. The highest BCUT2D eigenvalue weighted by molar-refractivity contribution is 5.83. The van der Waals surface area contributed by atoms with E-state index in [9.17, 15) is 15.3 Å². The van der Waals surface area contributed by atoms with E-state index in [-0.39, 0.29) is 23.9 Å². The Morgan fingerprint density at radius 1 is 1.31 bits per heavy atom. The normalized spacial score (nSPS) is 23.7. The van der Waals surface area contributed by atoms with E-state index >= 15 is 0 Å². The molecule has 29 heavy (non-hydrogen) atoms. The van der Waals surface area contributed by atoms with Gasteiger partial charge in [-0.2, -0.15) is 4.98 Å². The number of hydrogen-bond donors (Lipinski definition) is 4. The Labute approximate surface area is 165 Å². The molecule has 0 saturated carbocycles. The van der Waals surface area contributed by atoms with Gasteiger partial charge >= 0.3 is 0 Å². The first-order valence-electron chi connectivity index (χ1n) is 8.81. The first-order valence-corrected chi connectivity index (χ1v) is 8.81. The number of benzene rings is 1. The number of hydrogen-bond acceptors (Lipinski definition) is 9. The number of aliphatic hydroxyl groups is 3. The first-order chi connectivity index (χ1) is 14.1. The van der Waals surface area contributed by atoms with Crippen molar-refractivity contribution in [2.75, 3.05) is 25.8 Å². The van der Waals surface area contributed by atoms with E-state index in [4.69, 9.17) is 9.57 Å². The van der Waals surface area contributed by atoms with Crippen LogP contribution in [0.1, 0.15) is 11.4 Å². The van der Waals surface area contributed by atoms with Gasteiger partial charge in [-0.15, -0.1) is 0 Å². The van der Waals surface area contributed by atoms with Crippen molar-refractivity contribution in [3.63, 3.8) is 0 Å². The Morgan fingerprint density at radius 3 is 2.79 bits per heavy atom. The first kappa shape index (κ1) is 19.3. The topological polar surface area (TPSA) is 135 Å². The van der Waals surface area contributed by atoms with Crippen LogP contribution in [-0.4, -0.2) is 67.4 Å². The van der Waals surface area contributed by atoms with Gasteiger partial charge < -0.3 is 20.1 Å². The molecule has 4 N–H and O–H groups in total. The molecule has 10 nitrogen and oxygen atoms in total. The molecule has 150 valence electrons. The van der Waals surface area contributed by atoms with Crippen molar-refractivity contribution in [1.82, 2.24) is 19.5 Å². The average Bonchev–Trinajstić information content (AvgIpc) is 3.30. The highest BCUT2D eigenvalue weighted by Gasteiger charge is 2.50. The van der Waals surface area contributed by atoms with E-state index in [1.807, 2.05) is 30.3 Å². The van der Waals surface area contributed by atoms with Crippen molar-refractivity contribution in [1.29, 1.82) is 0 Å². The number of nitrogens with zero attached hydrogens (tertiary/aromatic N) is 4. The molecule has 3 heterocycles. The minimum absolute atomic E-state index is 0.165. The van der Waals surface area contributed by atoms with Gasteiger partial charge in [0.05, 0.1) is 26.7 Å². The fraction of sp³-hybridized carbons (Fsp3) is 0.316. The van der Waals surface area contributed by atoms with Crippen LogP contribution in [0.5, 0.6) is 0 Å². The van der Waals surface area contributed by atoms with Gasteiger partial charge in [-0.05, 0) is 18.1 Å². The highest BCUT2D eigenvalue weighted by atomic mass is 16.6. The van der Waals surface area contributed by atoms with E-state index in [1.165, 1.54) is 18.0 Å². The third kappa shape index (κ3) is 3.42. The Morgan fingerprint density at radius 2 is 2.10 bits per heavy atom. The molecule has 0 radical (unpaired) electrons. The molecule has 2 aromatic heterocycles. The van der Waals surface area contributed by atoms with E-state index < -0.39 is 24.5 Å². The van der Waals surface area contributed by atoms with Crippen LogP contribution in [0.2, 0.25) is 0 Å². The van der Waals surface area contributed by atoms with Crippen LogP contribution in [0, 0.1) is 11.8 Å². The van der Waals surface area contributed by atoms with Crippen LogP contribution in [0.25, 0.3) is 11.2 Å². The fourth-order valence-corrected chi connectivity index (χ4v) is 3.13. The lowest BCUT2D eigenvalue weighted by Gasteiger charge is -2.27. The molecule has 4 rings (SSSR count). The van der Waals surface area contributed by atoms with Crippen molar-refractivity contribution >= 4 is 17.0 Å². The largest absolute Gasteiger partial charge is 0.394 e. The molecule has 0 aliphatic carbocycles. The predicted molar refractivity (Wildman–Crippen MR) is 101 cm³/mol. The number of anilines is 1. The molecule has 10 heteroatoms. The number of ether oxygens (including phenoxy) is 1. The molecular formula is C19H19N5O5. The Balaban J connectivity index is 1.82. The molecule has 1 aliphatic rings. The number of imidazole rings is 1. The average molecular weight is 397 g/mol. The summed E-state index contributed by atoms with van der Waals surface area (Å²) in [5, 5.41) is 30.8. The minimum Gasteiger partial charge on any atom is -0.394 e. The second-order valence-corrected chi connectivity index (χ2v) is 6.46. The van der Waals surface area contributed by atoms with Crippen LogP contribution in [-0.2, 0) is 15.3 Å². The van der Waals surface area contributed by atoms with Gasteiger partial charge in [-0.3, -0.25) is 9.40 Å². The van der Waals surface area contributed by atoms with E-state index in [1.54, 1.807) is 0 Å². The fourth-order valence-electron chi connectivity index (χ4n) is 3.13. The molecule has 0 bridgehead atoms. The van der Waals surface area contributed by atoms with Gasteiger partial charge in [-0.25, -0.2) is 15.4 Å². The molecule has 1 fully saturated rings. The Hall–Kier alpha value is -3.07. The summed E-state index contributed by atoms with van der Waals surface area (Å²) in [6.45, 7) is -0.678. The maximum atomic E-state index is 11.0. The molecule has 1 saturated heterocycles. The molecule has 3 atom stereocenters. The zero-order valence-corrected chi connectivity index (χ0v) is 15.5. The minimum atomic E-state index is -1.86. The molecule has 0 spiro atoms. The summed E-state index contributed by atoms with van der Waals surface area (Å²) < 4.78 is 6.60. The van der Waals surface area contributed by atoms with E-state index in [0.717, 1.165) is 5.56 Å². The van der Waals surface area contributed by atoms with Crippen LogP contribution < -0.4 is 5.48 Å². The van der Waals surface area contributed by atoms with Gasteiger partial charge in [0, 0.05) is 5.56 Å². The number of aliphatic hydroxyl groups excluding tert-OH is 2. The van der Waals surface area contributed by atoms with Gasteiger partial charge in [0.15, 0.2) is 22.7 Å². The van der Waals surface area contributed by atoms with Crippen molar-refractivity contribution in [3.05, 3.63) is 48.0 Å². The third-order valence-electron chi connectivity index (χ3n) is 4.62. The van der Waals surface area contributed by atoms with Gasteiger partial charge in [0.2, 0.25) is 5.82 Å². The standard InChI is InChI=1S/C19H19N5O5/c1-28-23-17-15-18(22-14(21-17)8-7-12-5-3-2-4-6-12)24(11-20-15)19(27)10-29-13(9-25)16(19)26/h2-6,11,13,16,25-27H,9-10H2,1H3,(H,21,22,23)/t13-,16-,19?/m1/s1. The third-order valence-corrected chi connectivity index (χ3v) is 4.62. The molecule has 1 aromatic carbocycles. The molecule has 1 aliphatic heterocycles. The Kier molecular flexibility index (Phi) is 5.14. The summed E-state index contributed by atoms with van der Waals surface area (Å²) in [5.41, 5.74) is 2.09. The second kappa shape index (κ2) is 7.75. The zero-order valence-electron chi connectivity index (χ0n) is 15.5. The maximum absolute atomic E-state index is 11.0. The summed E-state index contributed by atoms with van der Waals surface area (Å²) in [5.74, 6) is 6.27. The number of nitrogens with one attached hydrogen (secondary N) is 1. The predicted octanol–water partition coefficient (Wildman–Crippen LogP) is -0.404. The van der Waals surface area contributed by atoms with Crippen LogP contribution >= 0.6 is 0 Å². The van der Waals surface area contributed by atoms with Crippen LogP contribution in [0.15, 0.2) is 36.7 Å². The monoisotopic (exact) mass is 397 g/mol. The van der Waals surface area contributed by atoms with E-state index in [0.29, 0.717) is 5.52 Å². The van der Waals surface area contributed by atoms with E-state index in [2.05, 4.69) is 32.3 Å². The zero-order chi connectivity index (χ0) is 20.4. The molecule has 0 amide bonds. The van der Waals surface area contributed by atoms with Gasteiger partial charge in [0.25, 0.3) is 0 Å². The number of rotatable bonds is 4. The van der Waals surface area contributed by atoms with Crippen molar-refractivity contribution in [3.8, 4) is 11.8 Å². The van der Waals surface area contributed by atoms with Gasteiger partial charge in [-0.1, -0.05) is 24.1 Å². The molecular weight excluding hydrogens is 378 g/mol. The number of aromatic nitrogens is 4. The molecule has 1 unspecified atom stereocenters. The Bertz CT molecular complexity index is 1080. The number of fused-ring (bicyclic) bond motifs is 1. The summed E-state index contributed by atoms with van der Waals surface area (Å²) in [4.78, 5) is 17.9. The summed E-state index contributed by atoms with van der Waals surface area (Å²) in [7, 11) is 1.42. The SMILES string of the molecule is CONc1nc(C#Cc2ccccc2)nc2c1ncn2C1(O)CO[C@H](CO)[C@H]1O. The summed E-state index contributed by atoms with van der Waals surface area (Å²) in [6.07, 6.45) is -0.980. The van der Waals surface area contributed by atoms with Crippen LogP contribution in [0.4, 0.5) is 5.82 Å². The quantitative estimate of drug-likeness (QED) is 0.342. The lowest BCUT2D eigenvalue weighted by molar-refractivity contribution is -0.110. The highest BCUT2D eigenvalue weighted by Crippen LogP contribution is 2.32. The van der Waals surface area contributed by atoms with Crippen LogP contribution in [0.3, 0.4) is 0 Å². The lowest BCUT2D eigenvalue weighted by Crippen LogP contribution is -2.46. The summed E-state index contributed by atoms with van der Waals surface area (Å²) in [6, 6.07) is 9.34. The van der Waals surface area contributed by atoms with Crippen molar-refractivity contribution in [2.24, 2.45) is 0 Å². The second-order valence-electron chi connectivity index (χ2n) is 6.46. The summed E-state index contributed by atoms with van der Waals surface area (Å²) >= 11 is 0. The molecule has 3 aromatic rings. The lowest BCUT2D eigenvalue weighted by atomic mass is 10.1. The smallest absolute Gasteiger partial charge is 0.209 e. The van der Waals surface area contributed by atoms with Crippen molar-refractivity contribution < 1.29 is 24.9 Å². The van der Waals surface area contributed by atoms with Crippen molar-refractivity contribution in [2.45, 2.75) is 17.9 Å². The van der Waals surface area contributed by atoms with Gasteiger partial charge in [0.1, 0.15) is 12.2 Å².